The molecule has 0 saturated heterocycles. The predicted molar refractivity (Wildman–Crippen MR) is 103 cm³/mol. The highest BCUT2D eigenvalue weighted by atomic mass is 16.5. The fourth-order valence-electron chi connectivity index (χ4n) is 3.00. The van der Waals surface area contributed by atoms with Gasteiger partial charge >= 0.3 is 0 Å². The number of nitrogens with zero attached hydrogens (tertiary/aromatic N) is 2. The number of hydrogen-bond donors (Lipinski definition) is 1. The Labute approximate surface area is 150 Å². The summed E-state index contributed by atoms with van der Waals surface area (Å²) in [5.74, 6) is 1.16. The largest absolute Gasteiger partial charge is 0.494 e. The standard InChI is InChI=1S/C21H27N3O/c1-4-6-7-8-13-25-17-11-9-16(10-12-17)20-15(3)19(5-2)24-21(23)18(20)14-22/h9-12H,4-8,13H2,1-3H3,(H2,23,24). The van der Waals surface area contributed by atoms with Gasteiger partial charge in [0.1, 0.15) is 23.2 Å². The van der Waals surface area contributed by atoms with Gasteiger partial charge < -0.3 is 10.5 Å². The molecule has 0 spiro atoms. The number of aromatic nitrogens is 1. The molecule has 132 valence electrons. The summed E-state index contributed by atoms with van der Waals surface area (Å²) in [5, 5.41) is 9.50. The van der Waals surface area contributed by atoms with Gasteiger partial charge in [-0.05, 0) is 43.0 Å². The number of nitrogen functional groups attached to an aromatic ring is 1. The van der Waals surface area contributed by atoms with Crippen molar-refractivity contribution >= 4 is 5.82 Å². The van der Waals surface area contributed by atoms with Crippen LogP contribution >= 0.6 is 0 Å². The van der Waals surface area contributed by atoms with Gasteiger partial charge in [-0.1, -0.05) is 45.2 Å². The Morgan fingerprint density at radius 2 is 1.84 bits per heavy atom. The first-order valence-corrected chi connectivity index (χ1v) is 9.04. The first kappa shape index (κ1) is 18.8. The molecule has 0 fully saturated rings. The van der Waals surface area contributed by atoms with Crippen LogP contribution in [-0.2, 0) is 6.42 Å². The van der Waals surface area contributed by atoms with E-state index in [1.54, 1.807) is 0 Å². The van der Waals surface area contributed by atoms with Gasteiger partial charge in [0.2, 0.25) is 0 Å². The number of nitriles is 1. The lowest BCUT2D eigenvalue weighted by molar-refractivity contribution is 0.305. The van der Waals surface area contributed by atoms with E-state index in [9.17, 15) is 5.26 Å². The van der Waals surface area contributed by atoms with Crippen LogP contribution in [0.25, 0.3) is 11.1 Å². The number of anilines is 1. The summed E-state index contributed by atoms with van der Waals surface area (Å²) in [7, 11) is 0. The van der Waals surface area contributed by atoms with Crippen LogP contribution in [0.2, 0.25) is 0 Å². The van der Waals surface area contributed by atoms with E-state index in [-0.39, 0.29) is 0 Å². The van der Waals surface area contributed by atoms with Crippen molar-refractivity contribution in [2.24, 2.45) is 0 Å². The van der Waals surface area contributed by atoms with E-state index in [0.717, 1.165) is 47.6 Å². The van der Waals surface area contributed by atoms with Crippen molar-refractivity contribution in [3.05, 3.63) is 41.1 Å². The van der Waals surface area contributed by atoms with E-state index in [0.29, 0.717) is 11.4 Å². The summed E-state index contributed by atoms with van der Waals surface area (Å²) in [6.07, 6.45) is 5.54. The molecule has 0 saturated carbocycles. The van der Waals surface area contributed by atoms with Crippen molar-refractivity contribution in [2.45, 2.75) is 52.9 Å². The molecule has 4 nitrogen and oxygen atoms in total. The molecule has 2 aromatic rings. The van der Waals surface area contributed by atoms with E-state index < -0.39 is 0 Å². The SMILES string of the molecule is CCCCCCOc1ccc(-c2c(C)c(CC)nc(N)c2C#N)cc1. The molecule has 2 rings (SSSR count). The van der Waals surface area contributed by atoms with Crippen LogP contribution in [0.1, 0.15) is 56.4 Å². The maximum atomic E-state index is 9.50. The van der Waals surface area contributed by atoms with Gasteiger partial charge in [-0.3, -0.25) is 0 Å². The van der Waals surface area contributed by atoms with Crippen LogP contribution in [0.3, 0.4) is 0 Å². The molecule has 0 radical (unpaired) electrons. The molecule has 4 heteroatoms. The zero-order valence-electron chi connectivity index (χ0n) is 15.4. The second kappa shape index (κ2) is 9.08. The van der Waals surface area contributed by atoms with Gasteiger partial charge in [-0.2, -0.15) is 5.26 Å². The van der Waals surface area contributed by atoms with Crippen LogP contribution in [0.5, 0.6) is 5.75 Å². The third-order valence-electron chi connectivity index (χ3n) is 4.43. The number of aryl methyl sites for hydroxylation is 1. The zero-order valence-corrected chi connectivity index (χ0v) is 15.4. The highest BCUT2D eigenvalue weighted by Gasteiger charge is 2.16. The Bertz CT molecular complexity index is 744. The number of rotatable bonds is 8. The van der Waals surface area contributed by atoms with Crippen molar-refractivity contribution in [3.63, 3.8) is 0 Å². The van der Waals surface area contributed by atoms with Crippen molar-refractivity contribution in [1.82, 2.24) is 4.98 Å². The number of nitrogens with two attached hydrogens (primary N) is 1. The maximum Gasteiger partial charge on any atom is 0.142 e. The van der Waals surface area contributed by atoms with Gasteiger partial charge in [0.15, 0.2) is 0 Å². The summed E-state index contributed by atoms with van der Waals surface area (Å²) in [6, 6.07) is 10.1. The van der Waals surface area contributed by atoms with E-state index in [4.69, 9.17) is 10.5 Å². The monoisotopic (exact) mass is 337 g/mol. The molecule has 1 aromatic carbocycles. The van der Waals surface area contributed by atoms with Gasteiger partial charge in [-0.15, -0.1) is 0 Å². The maximum absolute atomic E-state index is 9.50. The smallest absolute Gasteiger partial charge is 0.142 e. The minimum Gasteiger partial charge on any atom is -0.494 e. The molecular weight excluding hydrogens is 310 g/mol. The highest BCUT2D eigenvalue weighted by Crippen LogP contribution is 2.32. The lowest BCUT2D eigenvalue weighted by Crippen LogP contribution is -2.05. The summed E-state index contributed by atoms with van der Waals surface area (Å²) >= 11 is 0. The molecule has 1 aromatic heterocycles. The number of unbranched alkanes of at least 4 members (excludes halogenated alkanes) is 3. The Balaban J connectivity index is 2.22. The summed E-state index contributed by atoms with van der Waals surface area (Å²) in [4.78, 5) is 4.36. The third-order valence-corrected chi connectivity index (χ3v) is 4.43. The van der Waals surface area contributed by atoms with Crippen molar-refractivity contribution in [2.75, 3.05) is 12.3 Å². The highest BCUT2D eigenvalue weighted by molar-refractivity contribution is 5.79. The van der Waals surface area contributed by atoms with E-state index in [1.807, 2.05) is 38.1 Å². The normalized spacial score (nSPS) is 10.5. The van der Waals surface area contributed by atoms with Crippen LogP contribution in [-0.4, -0.2) is 11.6 Å². The Kier molecular flexibility index (Phi) is 6.82. The molecule has 25 heavy (non-hydrogen) atoms. The quantitative estimate of drug-likeness (QED) is 0.686. The number of ether oxygens (including phenoxy) is 1. The average molecular weight is 337 g/mol. The number of benzene rings is 1. The first-order chi connectivity index (χ1) is 12.1. The van der Waals surface area contributed by atoms with E-state index in [1.165, 1.54) is 19.3 Å². The van der Waals surface area contributed by atoms with Gasteiger partial charge in [0.25, 0.3) is 0 Å². The van der Waals surface area contributed by atoms with E-state index >= 15 is 0 Å². The minimum absolute atomic E-state index is 0.302. The fraction of sp³-hybridized carbons (Fsp3) is 0.429. The average Bonchev–Trinajstić information content (AvgIpc) is 2.63. The molecule has 1 heterocycles. The second-order valence-electron chi connectivity index (χ2n) is 6.22. The van der Waals surface area contributed by atoms with Gasteiger partial charge in [0.05, 0.1) is 6.61 Å². The first-order valence-electron chi connectivity index (χ1n) is 9.04. The Morgan fingerprint density at radius 3 is 2.44 bits per heavy atom. The summed E-state index contributed by atoms with van der Waals surface area (Å²) < 4.78 is 5.80. The topological polar surface area (TPSA) is 71.9 Å². The number of pyridine rings is 1. The fourth-order valence-corrected chi connectivity index (χ4v) is 3.00. The van der Waals surface area contributed by atoms with Crippen molar-refractivity contribution in [3.8, 4) is 22.9 Å². The molecule has 0 aliphatic rings. The predicted octanol–water partition coefficient (Wildman–Crippen LogP) is 5.03. The Hall–Kier alpha value is -2.54. The molecule has 2 N–H and O–H groups in total. The van der Waals surface area contributed by atoms with Crippen LogP contribution in [0.15, 0.2) is 24.3 Å². The zero-order chi connectivity index (χ0) is 18.2. The van der Waals surface area contributed by atoms with Crippen molar-refractivity contribution < 1.29 is 4.74 Å². The summed E-state index contributed by atoms with van der Waals surface area (Å²) in [6.45, 7) is 6.98. The van der Waals surface area contributed by atoms with Crippen LogP contribution in [0, 0.1) is 18.3 Å². The van der Waals surface area contributed by atoms with Gasteiger partial charge in [-0.25, -0.2) is 4.98 Å². The lowest BCUT2D eigenvalue weighted by atomic mass is 9.94. The molecular formula is C21H27N3O. The molecule has 0 unspecified atom stereocenters. The molecule has 0 bridgehead atoms. The Morgan fingerprint density at radius 1 is 1.12 bits per heavy atom. The molecule has 0 atom stereocenters. The van der Waals surface area contributed by atoms with Crippen LogP contribution in [0.4, 0.5) is 5.82 Å². The molecule has 0 amide bonds. The lowest BCUT2D eigenvalue weighted by Gasteiger charge is -2.14. The second-order valence-corrected chi connectivity index (χ2v) is 6.22. The van der Waals surface area contributed by atoms with Crippen molar-refractivity contribution in [1.29, 1.82) is 5.26 Å². The molecule has 0 aliphatic carbocycles. The van der Waals surface area contributed by atoms with Gasteiger partial charge in [0, 0.05) is 11.3 Å². The van der Waals surface area contributed by atoms with E-state index in [2.05, 4.69) is 18.0 Å². The minimum atomic E-state index is 0.302. The van der Waals surface area contributed by atoms with Crippen LogP contribution < -0.4 is 10.5 Å². The third kappa shape index (κ3) is 4.51. The number of hydrogen-bond acceptors (Lipinski definition) is 4. The summed E-state index contributed by atoms with van der Waals surface area (Å²) in [5.41, 5.74) is 10.2. The molecule has 0 aliphatic heterocycles.